The molecule has 0 saturated heterocycles. The molecule has 0 spiro atoms. The second kappa shape index (κ2) is 7.20. The first-order valence-electron chi connectivity index (χ1n) is 7.19. The fourth-order valence-electron chi connectivity index (χ4n) is 2.60. The Kier molecular flexibility index (Phi) is 6.17. The Balaban J connectivity index is 0.000000956. The average Bonchev–Trinajstić information content (AvgIpc) is 2.75. The summed E-state index contributed by atoms with van der Waals surface area (Å²) in [5, 5.41) is 3.41. The summed E-state index contributed by atoms with van der Waals surface area (Å²) in [6.07, 6.45) is 2.51. The van der Waals surface area contributed by atoms with Gasteiger partial charge in [0.25, 0.3) is 10.1 Å². The lowest BCUT2D eigenvalue weighted by Crippen LogP contribution is -2.38. The first kappa shape index (κ1) is 17.1. The van der Waals surface area contributed by atoms with Crippen LogP contribution in [0.5, 0.6) is 0 Å². The van der Waals surface area contributed by atoms with Crippen LogP contribution in [0.25, 0.3) is 0 Å². The molecule has 0 aromatic heterocycles. The summed E-state index contributed by atoms with van der Waals surface area (Å²) < 4.78 is 29.9. The lowest BCUT2D eigenvalue weighted by Gasteiger charge is -2.27. The minimum absolute atomic E-state index is 0.0736. The predicted molar refractivity (Wildman–Crippen MR) is 82.5 cm³/mol. The zero-order valence-electron chi connectivity index (χ0n) is 12.5. The maximum absolute atomic E-state index is 10.6. The Morgan fingerprint density at radius 1 is 1.30 bits per heavy atom. The first-order valence-corrected chi connectivity index (χ1v) is 8.80. The SMILES string of the molecule is CC.C[C@]1(NCCCS(=O)(=O)O)CCc2ccccc21. The van der Waals surface area contributed by atoms with Gasteiger partial charge in [0.05, 0.1) is 5.75 Å². The van der Waals surface area contributed by atoms with Crippen LogP contribution in [0.4, 0.5) is 0 Å². The monoisotopic (exact) mass is 299 g/mol. The van der Waals surface area contributed by atoms with Gasteiger partial charge in [-0.05, 0) is 43.9 Å². The lowest BCUT2D eigenvalue weighted by atomic mass is 9.94. The van der Waals surface area contributed by atoms with Gasteiger partial charge in [0, 0.05) is 5.54 Å². The fourth-order valence-corrected chi connectivity index (χ4v) is 3.11. The smallest absolute Gasteiger partial charge is 0.264 e. The Morgan fingerprint density at radius 3 is 2.60 bits per heavy atom. The second-order valence-electron chi connectivity index (χ2n) is 5.06. The van der Waals surface area contributed by atoms with Crippen LogP contribution in [0.15, 0.2) is 24.3 Å². The Bertz CT molecular complexity index is 528. The largest absolute Gasteiger partial charge is 0.308 e. The molecule has 2 N–H and O–H groups in total. The minimum atomic E-state index is -3.84. The van der Waals surface area contributed by atoms with E-state index in [0.29, 0.717) is 13.0 Å². The molecule has 0 radical (unpaired) electrons. The summed E-state index contributed by atoms with van der Waals surface area (Å²) in [5.41, 5.74) is 2.59. The van der Waals surface area contributed by atoms with E-state index in [1.54, 1.807) is 0 Å². The number of nitrogens with one attached hydrogen (secondary N) is 1. The summed E-state index contributed by atoms with van der Waals surface area (Å²) in [6.45, 7) is 6.73. The van der Waals surface area contributed by atoms with Gasteiger partial charge in [-0.25, -0.2) is 0 Å². The maximum Gasteiger partial charge on any atom is 0.264 e. The summed E-state index contributed by atoms with van der Waals surface area (Å²) in [5.74, 6) is -0.183. The molecule has 0 bridgehead atoms. The van der Waals surface area contributed by atoms with Gasteiger partial charge in [-0.3, -0.25) is 4.55 Å². The molecule has 1 aromatic rings. The Morgan fingerprint density at radius 2 is 1.95 bits per heavy atom. The predicted octanol–water partition coefficient (Wildman–Crippen LogP) is 2.74. The molecule has 1 aliphatic rings. The highest BCUT2D eigenvalue weighted by atomic mass is 32.2. The van der Waals surface area contributed by atoms with E-state index < -0.39 is 10.1 Å². The van der Waals surface area contributed by atoms with E-state index in [9.17, 15) is 8.42 Å². The number of aryl methyl sites for hydroxylation is 1. The van der Waals surface area contributed by atoms with E-state index in [1.165, 1.54) is 11.1 Å². The van der Waals surface area contributed by atoms with Crippen molar-refractivity contribution in [3.05, 3.63) is 35.4 Å². The Labute approximate surface area is 122 Å². The standard InChI is InChI=1S/C13H19NO3S.C2H6/c1-13(14-9-4-10-18(15,16)17)8-7-11-5-2-3-6-12(11)13;1-2/h2-3,5-6,14H,4,7-10H2,1H3,(H,15,16,17);1-2H3/t13-;/m0./s1. The zero-order valence-corrected chi connectivity index (χ0v) is 13.3. The van der Waals surface area contributed by atoms with Gasteiger partial charge in [-0.15, -0.1) is 0 Å². The van der Waals surface area contributed by atoms with Gasteiger partial charge in [0.1, 0.15) is 0 Å². The van der Waals surface area contributed by atoms with Crippen molar-refractivity contribution in [2.45, 2.75) is 45.6 Å². The fraction of sp³-hybridized carbons (Fsp3) is 0.600. The molecule has 2 rings (SSSR count). The quantitative estimate of drug-likeness (QED) is 0.648. The highest BCUT2D eigenvalue weighted by molar-refractivity contribution is 7.85. The van der Waals surface area contributed by atoms with Gasteiger partial charge in [0.15, 0.2) is 0 Å². The highest BCUT2D eigenvalue weighted by Gasteiger charge is 2.32. The lowest BCUT2D eigenvalue weighted by molar-refractivity contribution is 0.364. The van der Waals surface area contributed by atoms with Gasteiger partial charge >= 0.3 is 0 Å². The molecule has 1 atom stereocenters. The topological polar surface area (TPSA) is 66.4 Å². The molecule has 1 aromatic carbocycles. The van der Waals surface area contributed by atoms with Gasteiger partial charge in [0.2, 0.25) is 0 Å². The molecule has 1 aliphatic carbocycles. The van der Waals surface area contributed by atoms with Crippen molar-refractivity contribution in [2.24, 2.45) is 0 Å². The molecule has 0 heterocycles. The van der Waals surface area contributed by atoms with Crippen molar-refractivity contribution in [2.75, 3.05) is 12.3 Å². The summed E-state index contributed by atoms with van der Waals surface area (Å²) in [4.78, 5) is 0. The van der Waals surface area contributed by atoms with Gasteiger partial charge < -0.3 is 5.32 Å². The van der Waals surface area contributed by atoms with E-state index in [1.807, 2.05) is 26.0 Å². The van der Waals surface area contributed by atoms with Crippen LogP contribution in [0.1, 0.15) is 44.7 Å². The van der Waals surface area contributed by atoms with Crippen molar-refractivity contribution in [1.82, 2.24) is 5.32 Å². The van der Waals surface area contributed by atoms with Crippen LogP contribution in [-0.4, -0.2) is 25.3 Å². The molecule has 4 nitrogen and oxygen atoms in total. The van der Waals surface area contributed by atoms with E-state index in [-0.39, 0.29) is 11.3 Å². The van der Waals surface area contributed by atoms with Gasteiger partial charge in [-0.2, -0.15) is 8.42 Å². The van der Waals surface area contributed by atoms with Crippen molar-refractivity contribution in [3.8, 4) is 0 Å². The van der Waals surface area contributed by atoms with E-state index in [4.69, 9.17) is 4.55 Å². The van der Waals surface area contributed by atoms with E-state index >= 15 is 0 Å². The van der Waals surface area contributed by atoms with Crippen molar-refractivity contribution < 1.29 is 13.0 Å². The molecule has 0 saturated carbocycles. The number of hydrogen-bond acceptors (Lipinski definition) is 3. The normalized spacial score (nSPS) is 21.0. The molecule has 0 fully saturated rings. The van der Waals surface area contributed by atoms with Crippen LogP contribution >= 0.6 is 0 Å². The van der Waals surface area contributed by atoms with Gasteiger partial charge in [-0.1, -0.05) is 38.1 Å². The molecular weight excluding hydrogens is 274 g/mol. The molecular formula is C15H25NO3S. The number of fused-ring (bicyclic) bond motifs is 1. The third-order valence-corrected chi connectivity index (χ3v) is 4.40. The van der Waals surface area contributed by atoms with Crippen molar-refractivity contribution in [1.29, 1.82) is 0 Å². The molecule has 20 heavy (non-hydrogen) atoms. The van der Waals surface area contributed by atoms with E-state index in [0.717, 1.165) is 12.8 Å². The first-order chi connectivity index (χ1) is 9.41. The van der Waals surface area contributed by atoms with Crippen LogP contribution in [0.2, 0.25) is 0 Å². The molecule has 0 amide bonds. The van der Waals surface area contributed by atoms with Crippen LogP contribution in [-0.2, 0) is 22.1 Å². The van der Waals surface area contributed by atoms with Crippen LogP contribution < -0.4 is 5.32 Å². The number of rotatable bonds is 5. The Hall–Kier alpha value is -0.910. The molecule has 5 heteroatoms. The number of hydrogen-bond donors (Lipinski definition) is 2. The van der Waals surface area contributed by atoms with Crippen molar-refractivity contribution >= 4 is 10.1 Å². The average molecular weight is 299 g/mol. The summed E-state index contributed by atoms with van der Waals surface area (Å²) in [7, 11) is -3.84. The molecule has 114 valence electrons. The zero-order chi connectivity index (χ0) is 15.2. The number of benzene rings is 1. The summed E-state index contributed by atoms with van der Waals surface area (Å²) >= 11 is 0. The molecule has 0 unspecified atom stereocenters. The maximum atomic E-state index is 10.6. The van der Waals surface area contributed by atoms with E-state index in [2.05, 4.69) is 24.4 Å². The third kappa shape index (κ3) is 4.58. The van der Waals surface area contributed by atoms with Crippen molar-refractivity contribution in [3.63, 3.8) is 0 Å². The highest BCUT2D eigenvalue weighted by Crippen LogP contribution is 2.36. The summed E-state index contributed by atoms with van der Waals surface area (Å²) in [6, 6.07) is 8.34. The molecule has 0 aliphatic heterocycles. The van der Waals surface area contributed by atoms with Crippen LogP contribution in [0.3, 0.4) is 0 Å². The minimum Gasteiger partial charge on any atom is -0.308 e. The third-order valence-electron chi connectivity index (χ3n) is 3.60. The van der Waals surface area contributed by atoms with Crippen LogP contribution in [0, 0.1) is 0 Å². The second-order valence-corrected chi connectivity index (χ2v) is 6.63.